The summed E-state index contributed by atoms with van der Waals surface area (Å²) in [5.41, 5.74) is 0. The van der Waals surface area contributed by atoms with Gasteiger partial charge in [0.05, 0.1) is 17.4 Å². The van der Waals surface area contributed by atoms with Crippen LogP contribution in [0.5, 0.6) is 0 Å². The van der Waals surface area contributed by atoms with Gasteiger partial charge in [-0.15, -0.1) is 0 Å². The van der Waals surface area contributed by atoms with Crippen LogP contribution in [0.1, 0.15) is 20.3 Å². The molecule has 136 valence electrons. The third kappa shape index (κ3) is 3.51. The predicted molar refractivity (Wildman–Crippen MR) is 88.2 cm³/mol. The van der Waals surface area contributed by atoms with Crippen molar-refractivity contribution >= 4 is 16.0 Å². The number of ether oxygens (including phenoxy) is 2. The molecular weight excluding hydrogens is 350 g/mol. The van der Waals surface area contributed by atoms with E-state index in [2.05, 4.69) is 4.74 Å². The van der Waals surface area contributed by atoms with Gasteiger partial charge in [0.25, 0.3) is 0 Å². The molecule has 8 nitrogen and oxygen atoms in total. The highest BCUT2D eigenvalue weighted by molar-refractivity contribution is 7.92. The molecule has 9 heteroatoms. The zero-order chi connectivity index (χ0) is 18.7. The molecule has 3 atom stereocenters. The summed E-state index contributed by atoms with van der Waals surface area (Å²) >= 11 is 0. The second kappa shape index (κ2) is 7.22. The Kier molecular flexibility index (Phi) is 5.46. The topological polar surface area (TPSA) is 113 Å². The van der Waals surface area contributed by atoms with E-state index in [1.165, 1.54) is 36.4 Å². The van der Waals surface area contributed by atoms with Crippen molar-refractivity contribution in [3.8, 4) is 0 Å². The average Bonchev–Trinajstić information content (AvgIpc) is 3.03. The average molecular weight is 369 g/mol. The van der Waals surface area contributed by atoms with Gasteiger partial charge < -0.3 is 9.47 Å². The highest BCUT2D eigenvalue weighted by Gasteiger charge is 2.58. The molecule has 0 aromatic heterocycles. The first-order chi connectivity index (χ1) is 11.7. The van der Waals surface area contributed by atoms with Gasteiger partial charge in [0.15, 0.2) is 0 Å². The SMILES string of the molecule is CCOC(=O)O[C@H]1C=CC([C@@](C)([N+](=O)[O-])S(=O)(=O)c2ccccc2)C1. The second-order valence-electron chi connectivity index (χ2n) is 5.69. The Labute approximate surface area is 145 Å². The minimum absolute atomic E-state index is 0.0115. The molecule has 0 heterocycles. The lowest BCUT2D eigenvalue weighted by Crippen LogP contribution is -2.49. The molecule has 0 saturated heterocycles. The van der Waals surface area contributed by atoms with Crippen molar-refractivity contribution in [1.29, 1.82) is 0 Å². The summed E-state index contributed by atoms with van der Waals surface area (Å²) in [4.78, 5) is 19.9. The van der Waals surface area contributed by atoms with Crippen molar-refractivity contribution in [1.82, 2.24) is 0 Å². The van der Waals surface area contributed by atoms with Crippen LogP contribution in [0.25, 0.3) is 0 Å². The number of carbonyl (C=O) groups is 1. The summed E-state index contributed by atoms with van der Waals surface area (Å²) in [6.45, 7) is 2.83. The Bertz CT molecular complexity index is 775. The fraction of sp³-hybridized carbons (Fsp3) is 0.438. The van der Waals surface area contributed by atoms with Crippen LogP contribution in [0.2, 0.25) is 0 Å². The molecule has 1 aliphatic carbocycles. The van der Waals surface area contributed by atoms with Gasteiger partial charge in [-0.1, -0.05) is 24.3 Å². The molecule has 0 fully saturated rings. The Hall–Kier alpha value is -2.42. The van der Waals surface area contributed by atoms with Gasteiger partial charge in [-0.05, 0) is 25.1 Å². The molecule has 1 aromatic rings. The van der Waals surface area contributed by atoms with Gasteiger partial charge in [0.1, 0.15) is 6.10 Å². The van der Waals surface area contributed by atoms with Crippen molar-refractivity contribution in [3.05, 3.63) is 52.6 Å². The maximum atomic E-state index is 12.9. The van der Waals surface area contributed by atoms with E-state index in [-0.39, 0.29) is 17.9 Å². The number of nitro groups is 1. The summed E-state index contributed by atoms with van der Waals surface area (Å²) in [7, 11) is -4.27. The first-order valence-electron chi connectivity index (χ1n) is 7.69. The Morgan fingerprint density at radius 3 is 2.52 bits per heavy atom. The molecule has 1 unspecified atom stereocenters. The predicted octanol–water partition coefficient (Wildman–Crippen LogP) is 2.57. The minimum Gasteiger partial charge on any atom is -0.435 e. The lowest BCUT2D eigenvalue weighted by Gasteiger charge is -2.26. The normalized spacial score (nSPS) is 22.2. The van der Waals surface area contributed by atoms with E-state index in [0.717, 1.165) is 6.92 Å². The van der Waals surface area contributed by atoms with E-state index < -0.39 is 37.8 Å². The lowest BCUT2D eigenvalue weighted by atomic mass is 10.00. The van der Waals surface area contributed by atoms with Crippen LogP contribution in [0.3, 0.4) is 0 Å². The van der Waals surface area contributed by atoms with Crippen LogP contribution in [-0.2, 0) is 19.3 Å². The third-order valence-corrected chi connectivity index (χ3v) is 6.63. The van der Waals surface area contributed by atoms with Crippen LogP contribution in [0.15, 0.2) is 47.4 Å². The summed E-state index contributed by atoms with van der Waals surface area (Å²) in [6, 6.07) is 7.28. The molecule has 1 aromatic carbocycles. The van der Waals surface area contributed by atoms with Gasteiger partial charge in [0, 0.05) is 18.3 Å². The summed E-state index contributed by atoms with van der Waals surface area (Å²) in [5, 5.41) is 11.7. The maximum Gasteiger partial charge on any atom is 0.508 e. The summed E-state index contributed by atoms with van der Waals surface area (Å²) in [6.07, 6.45) is 1.18. The van der Waals surface area contributed by atoms with Crippen LogP contribution in [-0.4, -0.2) is 37.1 Å². The molecule has 2 rings (SSSR count). The van der Waals surface area contributed by atoms with Crippen LogP contribution in [0.4, 0.5) is 4.79 Å². The van der Waals surface area contributed by atoms with Gasteiger partial charge in [-0.3, -0.25) is 10.1 Å². The molecule has 0 spiro atoms. The number of benzene rings is 1. The van der Waals surface area contributed by atoms with Crippen LogP contribution in [0, 0.1) is 16.0 Å². The first kappa shape index (κ1) is 18.9. The number of nitrogens with zero attached hydrogens (tertiary/aromatic N) is 1. The Morgan fingerprint density at radius 2 is 1.96 bits per heavy atom. The Morgan fingerprint density at radius 1 is 1.32 bits per heavy atom. The molecule has 0 N–H and O–H groups in total. The smallest absolute Gasteiger partial charge is 0.435 e. The molecule has 25 heavy (non-hydrogen) atoms. The zero-order valence-corrected chi connectivity index (χ0v) is 14.6. The largest absolute Gasteiger partial charge is 0.508 e. The van der Waals surface area contributed by atoms with Crippen LogP contribution >= 0.6 is 0 Å². The molecule has 0 radical (unpaired) electrons. The number of hydrogen-bond donors (Lipinski definition) is 0. The maximum absolute atomic E-state index is 12.9. The van der Waals surface area contributed by atoms with Crippen molar-refractivity contribution in [2.24, 2.45) is 5.92 Å². The van der Waals surface area contributed by atoms with E-state index in [4.69, 9.17) is 4.74 Å². The van der Waals surface area contributed by atoms with Crippen molar-refractivity contribution in [2.45, 2.75) is 36.1 Å². The second-order valence-corrected chi connectivity index (χ2v) is 8.00. The van der Waals surface area contributed by atoms with Gasteiger partial charge in [0.2, 0.25) is 9.84 Å². The molecule has 0 bridgehead atoms. The molecule has 1 aliphatic rings. The van der Waals surface area contributed by atoms with Gasteiger partial charge in [-0.2, -0.15) is 0 Å². The van der Waals surface area contributed by atoms with E-state index in [0.29, 0.717) is 0 Å². The number of carbonyl (C=O) groups excluding carboxylic acids is 1. The van der Waals surface area contributed by atoms with E-state index in [1.807, 2.05) is 0 Å². The minimum atomic E-state index is -4.27. The molecule has 0 saturated carbocycles. The standard InChI is InChI=1S/C16H19NO7S/c1-3-23-15(18)24-13-10-9-12(11-13)16(2,17(19)20)25(21,22)14-7-5-4-6-8-14/h4-10,12-13H,3,11H2,1-2H3/t12?,13-,16-/m0/s1. The van der Waals surface area contributed by atoms with Crippen molar-refractivity contribution < 1.29 is 27.6 Å². The fourth-order valence-electron chi connectivity index (χ4n) is 2.70. The van der Waals surface area contributed by atoms with Gasteiger partial charge >= 0.3 is 11.0 Å². The quantitative estimate of drug-likeness (QED) is 0.328. The lowest BCUT2D eigenvalue weighted by molar-refractivity contribution is -0.544. The van der Waals surface area contributed by atoms with Crippen molar-refractivity contribution in [2.75, 3.05) is 6.61 Å². The number of hydrogen-bond acceptors (Lipinski definition) is 7. The fourth-order valence-corrected chi connectivity index (χ4v) is 4.46. The zero-order valence-electron chi connectivity index (χ0n) is 13.8. The monoisotopic (exact) mass is 369 g/mol. The molecule has 0 amide bonds. The number of sulfone groups is 1. The molecule has 0 aliphatic heterocycles. The van der Waals surface area contributed by atoms with Crippen LogP contribution < -0.4 is 0 Å². The third-order valence-electron chi connectivity index (χ3n) is 4.20. The van der Waals surface area contributed by atoms with E-state index in [9.17, 15) is 23.3 Å². The number of rotatable bonds is 6. The van der Waals surface area contributed by atoms with Crippen molar-refractivity contribution in [3.63, 3.8) is 0 Å². The van der Waals surface area contributed by atoms with Gasteiger partial charge in [-0.25, -0.2) is 13.2 Å². The van der Waals surface area contributed by atoms with E-state index >= 15 is 0 Å². The summed E-state index contributed by atoms with van der Waals surface area (Å²) < 4.78 is 35.5. The highest BCUT2D eigenvalue weighted by atomic mass is 32.2. The summed E-state index contributed by atoms with van der Waals surface area (Å²) in [5.74, 6) is -0.952. The highest BCUT2D eigenvalue weighted by Crippen LogP contribution is 2.39. The molecular formula is C16H19NO7S. The van der Waals surface area contributed by atoms with E-state index in [1.54, 1.807) is 13.0 Å². The first-order valence-corrected chi connectivity index (χ1v) is 9.17. The Balaban J connectivity index is 2.29.